The van der Waals surface area contributed by atoms with E-state index < -0.39 is 0 Å². The predicted octanol–water partition coefficient (Wildman–Crippen LogP) is 3.13. The molecule has 0 aromatic heterocycles. The van der Waals surface area contributed by atoms with Crippen LogP contribution in [0.25, 0.3) is 6.08 Å². The summed E-state index contributed by atoms with van der Waals surface area (Å²) in [6, 6.07) is 12.7. The molecule has 1 N–H and O–H groups in total. The summed E-state index contributed by atoms with van der Waals surface area (Å²) in [7, 11) is 5.00. The zero-order chi connectivity index (χ0) is 20.5. The van der Waals surface area contributed by atoms with Crippen molar-refractivity contribution >= 4 is 17.9 Å². The van der Waals surface area contributed by atoms with E-state index in [-0.39, 0.29) is 11.8 Å². The summed E-state index contributed by atoms with van der Waals surface area (Å²) in [5.41, 5.74) is 2.37. The van der Waals surface area contributed by atoms with Gasteiger partial charge in [-0.15, -0.1) is 0 Å². The van der Waals surface area contributed by atoms with Gasteiger partial charge in [-0.3, -0.25) is 9.59 Å². The van der Waals surface area contributed by atoms with Crippen LogP contribution in [0.3, 0.4) is 0 Å². The summed E-state index contributed by atoms with van der Waals surface area (Å²) in [5.74, 6) is 1.03. The summed E-state index contributed by atoms with van der Waals surface area (Å²) < 4.78 is 10.8. The van der Waals surface area contributed by atoms with E-state index in [4.69, 9.17) is 9.47 Å². The van der Waals surface area contributed by atoms with Gasteiger partial charge in [0.25, 0.3) is 5.91 Å². The molecular formula is C22H26N2O4. The number of carbonyl (C=O) groups excluding carboxylic acids is 2. The van der Waals surface area contributed by atoms with Crippen LogP contribution in [-0.4, -0.2) is 44.5 Å². The van der Waals surface area contributed by atoms with Crippen molar-refractivity contribution in [3.8, 4) is 11.5 Å². The molecule has 0 spiro atoms. The summed E-state index contributed by atoms with van der Waals surface area (Å²) >= 11 is 0. The van der Waals surface area contributed by atoms with E-state index in [0.29, 0.717) is 30.2 Å². The average molecular weight is 382 g/mol. The van der Waals surface area contributed by atoms with Crippen LogP contribution < -0.4 is 14.8 Å². The first kappa shape index (κ1) is 21.0. The third-order valence-electron chi connectivity index (χ3n) is 3.99. The van der Waals surface area contributed by atoms with E-state index in [9.17, 15) is 9.59 Å². The SMILES string of the molecule is CCOc1ccc(/C=C/C(=O)NCc2ccc(C(=O)N(C)C)cc2)cc1OC. The summed E-state index contributed by atoms with van der Waals surface area (Å²) in [5, 5.41) is 2.82. The number of rotatable bonds is 8. The van der Waals surface area contributed by atoms with Crippen molar-refractivity contribution in [3.63, 3.8) is 0 Å². The molecule has 0 bridgehead atoms. The van der Waals surface area contributed by atoms with Crippen LogP contribution in [0.15, 0.2) is 48.5 Å². The second-order valence-electron chi connectivity index (χ2n) is 6.29. The minimum absolute atomic E-state index is 0.0516. The van der Waals surface area contributed by atoms with Crippen molar-refractivity contribution in [2.75, 3.05) is 27.8 Å². The molecule has 2 aromatic rings. The highest BCUT2D eigenvalue weighted by Crippen LogP contribution is 2.28. The predicted molar refractivity (Wildman–Crippen MR) is 110 cm³/mol. The average Bonchev–Trinajstić information content (AvgIpc) is 2.71. The number of hydrogen-bond donors (Lipinski definition) is 1. The molecule has 0 atom stereocenters. The highest BCUT2D eigenvalue weighted by molar-refractivity contribution is 5.94. The van der Waals surface area contributed by atoms with E-state index in [0.717, 1.165) is 11.1 Å². The zero-order valence-electron chi connectivity index (χ0n) is 16.7. The number of benzene rings is 2. The maximum atomic E-state index is 12.1. The molecule has 28 heavy (non-hydrogen) atoms. The number of nitrogens with zero attached hydrogens (tertiary/aromatic N) is 1. The van der Waals surface area contributed by atoms with Gasteiger partial charge in [0.15, 0.2) is 11.5 Å². The van der Waals surface area contributed by atoms with Crippen LogP contribution in [0.5, 0.6) is 11.5 Å². The molecule has 0 saturated heterocycles. The van der Waals surface area contributed by atoms with Crippen molar-refractivity contribution in [3.05, 3.63) is 65.2 Å². The molecule has 0 radical (unpaired) electrons. The molecule has 6 nitrogen and oxygen atoms in total. The van der Waals surface area contributed by atoms with Gasteiger partial charge in [-0.25, -0.2) is 0 Å². The van der Waals surface area contributed by atoms with Crippen molar-refractivity contribution in [1.29, 1.82) is 0 Å². The maximum Gasteiger partial charge on any atom is 0.253 e. The van der Waals surface area contributed by atoms with Gasteiger partial charge in [0, 0.05) is 32.3 Å². The van der Waals surface area contributed by atoms with Crippen molar-refractivity contribution in [2.45, 2.75) is 13.5 Å². The van der Waals surface area contributed by atoms with Crippen molar-refractivity contribution in [1.82, 2.24) is 10.2 Å². The zero-order valence-corrected chi connectivity index (χ0v) is 16.7. The summed E-state index contributed by atoms with van der Waals surface area (Å²) in [6.07, 6.45) is 3.19. The molecule has 0 unspecified atom stereocenters. The Kier molecular flexibility index (Phi) is 7.63. The summed E-state index contributed by atoms with van der Waals surface area (Å²) in [4.78, 5) is 25.5. The lowest BCUT2D eigenvalue weighted by molar-refractivity contribution is -0.116. The molecule has 0 aliphatic carbocycles. The fraction of sp³-hybridized carbons (Fsp3) is 0.273. The molecule has 0 aliphatic heterocycles. The Morgan fingerprint density at radius 2 is 1.79 bits per heavy atom. The van der Waals surface area contributed by atoms with E-state index >= 15 is 0 Å². The topological polar surface area (TPSA) is 67.9 Å². The number of ether oxygens (including phenoxy) is 2. The molecule has 148 valence electrons. The van der Waals surface area contributed by atoms with Gasteiger partial charge in [-0.05, 0) is 48.4 Å². The molecule has 2 aromatic carbocycles. The van der Waals surface area contributed by atoms with Crippen molar-refractivity contribution < 1.29 is 19.1 Å². The van der Waals surface area contributed by atoms with Crippen LogP contribution in [0.1, 0.15) is 28.4 Å². The Morgan fingerprint density at radius 3 is 2.39 bits per heavy atom. The van der Waals surface area contributed by atoms with Gasteiger partial charge in [-0.1, -0.05) is 18.2 Å². The van der Waals surface area contributed by atoms with E-state index in [1.807, 2.05) is 37.3 Å². The quantitative estimate of drug-likeness (QED) is 0.713. The molecule has 0 heterocycles. The van der Waals surface area contributed by atoms with E-state index in [1.165, 1.54) is 11.0 Å². The molecule has 2 amide bonds. The van der Waals surface area contributed by atoms with Crippen LogP contribution in [0, 0.1) is 0 Å². The van der Waals surface area contributed by atoms with Crippen LogP contribution >= 0.6 is 0 Å². The van der Waals surface area contributed by atoms with Crippen molar-refractivity contribution in [2.24, 2.45) is 0 Å². The number of methoxy groups -OCH3 is 1. The first-order valence-corrected chi connectivity index (χ1v) is 9.02. The number of carbonyl (C=O) groups is 2. The Balaban J connectivity index is 1.92. The lowest BCUT2D eigenvalue weighted by atomic mass is 10.1. The molecule has 0 saturated carbocycles. The van der Waals surface area contributed by atoms with Crippen LogP contribution in [0.4, 0.5) is 0 Å². The Bertz CT molecular complexity index is 842. The highest BCUT2D eigenvalue weighted by atomic mass is 16.5. The lowest BCUT2D eigenvalue weighted by Gasteiger charge is -2.10. The van der Waals surface area contributed by atoms with Crippen LogP contribution in [0.2, 0.25) is 0 Å². The van der Waals surface area contributed by atoms with Crippen LogP contribution in [-0.2, 0) is 11.3 Å². The number of amides is 2. The third-order valence-corrected chi connectivity index (χ3v) is 3.99. The smallest absolute Gasteiger partial charge is 0.253 e. The standard InChI is InChI=1S/C22H26N2O4/c1-5-28-19-12-8-16(14-20(19)27-4)9-13-21(25)23-15-17-6-10-18(11-7-17)22(26)24(2)3/h6-14H,5,15H2,1-4H3,(H,23,25)/b13-9+. The van der Waals surface area contributed by atoms with E-state index in [2.05, 4.69) is 5.32 Å². The van der Waals surface area contributed by atoms with Gasteiger partial charge in [0.1, 0.15) is 0 Å². The van der Waals surface area contributed by atoms with Gasteiger partial charge in [0.05, 0.1) is 13.7 Å². The highest BCUT2D eigenvalue weighted by Gasteiger charge is 2.07. The molecular weight excluding hydrogens is 356 g/mol. The Labute approximate surface area is 165 Å². The van der Waals surface area contributed by atoms with E-state index in [1.54, 1.807) is 39.4 Å². The monoisotopic (exact) mass is 382 g/mol. The number of hydrogen-bond acceptors (Lipinski definition) is 4. The third kappa shape index (κ3) is 5.87. The molecule has 0 aliphatic rings. The lowest BCUT2D eigenvalue weighted by Crippen LogP contribution is -2.22. The molecule has 6 heteroatoms. The maximum absolute atomic E-state index is 12.1. The molecule has 0 fully saturated rings. The Hall–Kier alpha value is -3.28. The van der Waals surface area contributed by atoms with Gasteiger partial charge >= 0.3 is 0 Å². The van der Waals surface area contributed by atoms with Gasteiger partial charge in [-0.2, -0.15) is 0 Å². The minimum atomic E-state index is -0.207. The normalized spacial score (nSPS) is 10.6. The van der Waals surface area contributed by atoms with Gasteiger partial charge in [0.2, 0.25) is 5.91 Å². The fourth-order valence-corrected chi connectivity index (χ4v) is 2.51. The summed E-state index contributed by atoms with van der Waals surface area (Å²) in [6.45, 7) is 2.84. The second kappa shape index (κ2) is 10.2. The Morgan fingerprint density at radius 1 is 1.07 bits per heavy atom. The minimum Gasteiger partial charge on any atom is -0.493 e. The second-order valence-corrected chi connectivity index (χ2v) is 6.29. The molecule has 2 rings (SSSR count). The van der Waals surface area contributed by atoms with Gasteiger partial charge < -0.3 is 19.7 Å². The number of nitrogens with one attached hydrogen (secondary N) is 1. The first-order chi connectivity index (χ1) is 13.4. The first-order valence-electron chi connectivity index (χ1n) is 9.02. The largest absolute Gasteiger partial charge is 0.493 e. The fourth-order valence-electron chi connectivity index (χ4n) is 2.51.